The van der Waals surface area contributed by atoms with E-state index in [0.717, 1.165) is 25.9 Å². The highest BCUT2D eigenvalue weighted by atomic mass is 35.5. The molecule has 0 radical (unpaired) electrons. The van der Waals surface area contributed by atoms with E-state index in [-0.39, 0.29) is 23.1 Å². The second kappa shape index (κ2) is 8.80. The van der Waals surface area contributed by atoms with Crippen LogP contribution in [0.2, 0.25) is 0 Å². The molecule has 23 heavy (non-hydrogen) atoms. The van der Waals surface area contributed by atoms with Gasteiger partial charge in [0.15, 0.2) is 0 Å². The molecule has 1 aliphatic rings. The van der Waals surface area contributed by atoms with Crippen LogP contribution in [0.5, 0.6) is 0 Å². The van der Waals surface area contributed by atoms with Crippen LogP contribution in [0.25, 0.3) is 0 Å². The summed E-state index contributed by atoms with van der Waals surface area (Å²) in [7, 11) is -0.957. The van der Waals surface area contributed by atoms with Crippen molar-refractivity contribution in [3.05, 3.63) is 18.0 Å². The van der Waals surface area contributed by atoms with Crippen LogP contribution in [0.15, 0.2) is 12.3 Å². The van der Waals surface area contributed by atoms with Crippen molar-refractivity contribution in [1.29, 1.82) is 0 Å². The fourth-order valence-electron chi connectivity index (χ4n) is 2.38. The minimum Gasteiger partial charge on any atom is -0.350 e. The van der Waals surface area contributed by atoms with E-state index in [0.29, 0.717) is 24.0 Å². The minimum absolute atomic E-state index is 0. The molecule has 2 unspecified atom stereocenters. The zero-order valence-corrected chi connectivity index (χ0v) is 15.6. The summed E-state index contributed by atoms with van der Waals surface area (Å²) in [4.78, 5) is 12.1. The van der Waals surface area contributed by atoms with E-state index in [1.807, 2.05) is 31.6 Å². The summed E-state index contributed by atoms with van der Waals surface area (Å²) in [6.07, 6.45) is 4.07. The van der Waals surface area contributed by atoms with E-state index in [9.17, 15) is 9.00 Å². The second-order valence-electron chi connectivity index (χ2n) is 6.60. The molecular formula is C15H27ClN4O2S. The largest absolute Gasteiger partial charge is 0.350 e. The summed E-state index contributed by atoms with van der Waals surface area (Å²) < 4.78 is 13.5. The van der Waals surface area contributed by atoms with Crippen molar-refractivity contribution < 1.29 is 9.00 Å². The van der Waals surface area contributed by atoms with E-state index in [4.69, 9.17) is 0 Å². The zero-order chi connectivity index (χ0) is 16.2. The maximum atomic E-state index is 12.1. The molecule has 2 rings (SSSR count). The predicted molar refractivity (Wildman–Crippen MR) is 95.7 cm³/mol. The molecule has 2 atom stereocenters. The van der Waals surface area contributed by atoms with Crippen molar-refractivity contribution in [2.75, 3.05) is 25.4 Å². The number of nitrogens with one attached hydrogen (secondary N) is 2. The van der Waals surface area contributed by atoms with Crippen molar-refractivity contribution in [2.24, 2.45) is 0 Å². The lowest BCUT2D eigenvalue weighted by Gasteiger charge is -2.22. The average molecular weight is 363 g/mol. The number of carbonyl (C=O) groups is 1. The normalized spacial score (nSPS) is 19.7. The van der Waals surface area contributed by atoms with Gasteiger partial charge in [-0.2, -0.15) is 5.10 Å². The first-order valence-electron chi connectivity index (χ1n) is 7.80. The Balaban J connectivity index is 0.00000264. The van der Waals surface area contributed by atoms with Crippen molar-refractivity contribution in [2.45, 2.75) is 44.4 Å². The molecule has 1 amide bonds. The van der Waals surface area contributed by atoms with E-state index < -0.39 is 10.8 Å². The first-order chi connectivity index (χ1) is 10.4. The number of aromatic nitrogens is 2. The molecule has 6 nitrogen and oxygen atoms in total. The molecule has 0 aliphatic carbocycles. The van der Waals surface area contributed by atoms with Crippen LogP contribution < -0.4 is 10.6 Å². The number of carbonyl (C=O) groups excluding carboxylic acids is 1. The van der Waals surface area contributed by atoms with E-state index in [1.165, 1.54) is 0 Å². The number of halogens is 1. The second-order valence-corrected chi connectivity index (χ2v) is 8.92. The molecule has 1 aromatic heterocycles. The maximum absolute atomic E-state index is 12.1. The first-order valence-corrected chi connectivity index (χ1v) is 9.12. The summed E-state index contributed by atoms with van der Waals surface area (Å²) in [6, 6.07) is 2.06. The fraction of sp³-hybridized carbons (Fsp3) is 0.733. The molecule has 0 aromatic carbocycles. The molecule has 0 spiro atoms. The summed E-state index contributed by atoms with van der Waals surface area (Å²) in [5.74, 6) is 0.260. The molecule has 1 aromatic rings. The number of amides is 1. The Bertz CT molecular complexity index is 536. The van der Waals surface area contributed by atoms with Crippen LogP contribution in [-0.2, 0) is 10.8 Å². The Morgan fingerprint density at radius 3 is 2.87 bits per heavy atom. The SMILES string of the molecule is CC(C)(C)S(=O)CCNC(=O)c1ccn(C2CCCNC2)n1.Cl. The number of hydrogen-bond acceptors (Lipinski definition) is 4. The van der Waals surface area contributed by atoms with E-state index >= 15 is 0 Å². The first kappa shape index (κ1) is 20.1. The highest BCUT2D eigenvalue weighted by molar-refractivity contribution is 7.86. The maximum Gasteiger partial charge on any atom is 0.271 e. The summed E-state index contributed by atoms with van der Waals surface area (Å²) in [5, 5.41) is 10.5. The van der Waals surface area contributed by atoms with Crippen LogP contribution in [0, 0.1) is 0 Å². The predicted octanol–water partition coefficient (Wildman–Crippen LogP) is 1.51. The lowest BCUT2D eigenvalue weighted by atomic mass is 10.1. The highest BCUT2D eigenvalue weighted by Crippen LogP contribution is 2.15. The van der Waals surface area contributed by atoms with Gasteiger partial charge in [-0.25, -0.2) is 0 Å². The lowest BCUT2D eigenvalue weighted by Crippen LogP contribution is -2.33. The minimum atomic E-state index is -0.957. The van der Waals surface area contributed by atoms with Crippen molar-refractivity contribution >= 4 is 29.1 Å². The highest BCUT2D eigenvalue weighted by Gasteiger charge is 2.20. The summed E-state index contributed by atoms with van der Waals surface area (Å²) in [5.41, 5.74) is 0.423. The number of nitrogens with zero attached hydrogens (tertiary/aromatic N) is 2. The standard InChI is InChI=1S/C15H26N4O2S.ClH/c1-15(2,3)22(21)10-8-17-14(20)13-6-9-19(18-13)12-5-4-7-16-11-12;/h6,9,12,16H,4-5,7-8,10-11H2,1-3H3,(H,17,20);1H. The van der Waals surface area contributed by atoms with Crippen molar-refractivity contribution in [3.8, 4) is 0 Å². The number of rotatable bonds is 5. The fourth-order valence-corrected chi connectivity index (χ4v) is 3.28. The molecule has 2 heterocycles. The Morgan fingerprint density at radius 1 is 1.52 bits per heavy atom. The molecular weight excluding hydrogens is 336 g/mol. The van der Waals surface area contributed by atoms with Gasteiger partial charge in [-0.3, -0.25) is 13.7 Å². The molecule has 8 heteroatoms. The van der Waals surface area contributed by atoms with Crippen molar-refractivity contribution in [3.63, 3.8) is 0 Å². The van der Waals surface area contributed by atoms with Gasteiger partial charge in [0.2, 0.25) is 0 Å². The molecule has 1 fully saturated rings. The quantitative estimate of drug-likeness (QED) is 0.832. The number of piperidine rings is 1. The van der Waals surface area contributed by atoms with E-state index in [1.54, 1.807) is 6.07 Å². The topological polar surface area (TPSA) is 76.0 Å². The Hall–Kier alpha value is -0.920. The summed E-state index contributed by atoms with van der Waals surface area (Å²) >= 11 is 0. The van der Waals surface area contributed by atoms with E-state index in [2.05, 4.69) is 15.7 Å². The Labute approximate surface area is 146 Å². The molecule has 132 valence electrons. The zero-order valence-electron chi connectivity index (χ0n) is 14.0. The van der Waals surface area contributed by atoms with Crippen LogP contribution >= 0.6 is 12.4 Å². The average Bonchev–Trinajstić information content (AvgIpc) is 2.97. The van der Waals surface area contributed by atoms with Gasteiger partial charge in [-0.15, -0.1) is 12.4 Å². The third-order valence-electron chi connectivity index (χ3n) is 3.74. The summed E-state index contributed by atoms with van der Waals surface area (Å²) in [6.45, 7) is 8.16. The third kappa shape index (κ3) is 5.90. The van der Waals surface area contributed by atoms with Gasteiger partial charge < -0.3 is 10.6 Å². The van der Waals surface area contributed by atoms with Gasteiger partial charge in [0.25, 0.3) is 5.91 Å². The van der Waals surface area contributed by atoms with Gasteiger partial charge in [-0.1, -0.05) is 0 Å². The van der Waals surface area contributed by atoms with Crippen LogP contribution in [0.1, 0.15) is 50.1 Å². The van der Waals surface area contributed by atoms with Gasteiger partial charge in [0.1, 0.15) is 5.69 Å². The van der Waals surface area contributed by atoms with Gasteiger partial charge in [-0.05, 0) is 46.2 Å². The Morgan fingerprint density at radius 2 is 2.26 bits per heavy atom. The van der Waals surface area contributed by atoms with Gasteiger partial charge in [0, 0.05) is 40.6 Å². The smallest absolute Gasteiger partial charge is 0.271 e. The van der Waals surface area contributed by atoms with Crippen LogP contribution in [0.4, 0.5) is 0 Å². The van der Waals surface area contributed by atoms with Gasteiger partial charge in [0.05, 0.1) is 6.04 Å². The van der Waals surface area contributed by atoms with Crippen LogP contribution in [-0.4, -0.2) is 50.0 Å². The number of hydrogen-bond donors (Lipinski definition) is 2. The third-order valence-corrected chi connectivity index (χ3v) is 5.68. The lowest BCUT2D eigenvalue weighted by molar-refractivity contribution is 0.0949. The molecule has 1 saturated heterocycles. The Kier molecular flexibility index (Phi) is 7.70. The molecule has 0 bridgehead atoms. The molecule has 1 aliphatic heterocycles. The molecule has 0 saturated carbocycles. The van der Waals surface area contributed by atoms with Crippen LogP contribution in [0.3, 0.4) is 0 Å². The van der Waals surface area contributed by atoms with Gasteiger partial charge >= 0.3 is 0 Å². The van der Waals surface area contributed by atoms with Crippen molar-refractivity contribution in [1.82, 2.24) is 20.4 Å². The molecule has 2 N–H and O–H groups in total. The monoisotopic (exact) mass is 362 g/mol.